The van der Waals surface area contributed by atoms with Gasteiger partial charge in [0.1, 0.15) is 12.1 Å². The first kappa shape index (κ1) is 16.4. The molecule has 0 spiro atoms. The number of nitrogens with one attached hydrogen (secondary N) is 1. The first-order valence-corrected chi connectivity index (χ1v) is 8.90. The van der Waals surface area contributed by atoms with Crippen LogP contribution in [0.2, 0.25) is 0 Å². The zero-order valence-corrected chi connectivity index (χ0v) is 15.3. The molecule has 4 nitrogen and oxygen atoms in total. The summed E-state index contributed by atoms with van der Waals surface area (Å²) in [6.07, 6.45) is 6.05. The molecule has 1 aliphatic heterocycles. The lowest BCUT2D eigenvalue weighted by molar-refractivity contribution is 0.182. The quantitative estimate of drug-likeness (QED) is 0.851. The molecule has 0 unspecified atom stereocenters. The Hall–Kier alpha value is -1.46. The fourth-order valence-electron chi connectivity index (χ4n) is 3.20. The Balaban J connectivity index is 1.68. The van der Waals surface area contributed by atoms with Gasteiger partial charge in [-0.1, -0.05) is 28.1 Å². The molecule has 2 aromatic rings. The van der Waals surface area contributed by atoms with Gasteiger partial charge in [-0.15, -0.1) is 0 Å². The second-order valence-corrected chi connectivity index (χ2v) is 7.54. The smallest absolute Gasteiger partial charge is 0.137 e. The summed E-state index contributed by atoms with van der Waals surface area (Å²) in [4.78, 5) is 11.2. The molecule has 1 N–H and O–H groups in total. The average molecular weight is 375 g/mol. The van der Waals surface area contributed by atoms with Crippen LogP contribution in [-0.4, -0.2) is 40.0 Å². The highest BCUT2D eigenvalue weighted by atomic mass is 79.9. The van der Waals surface area contributed by atoms with Crippen LogP contribution in [0.4, 0.5) is 5.82 Å². The molecule has 3 rings (SSSR count). The number of aromatic nitrogens is 2. The van der Waals surface area contributed by atoms with E-state index in [9.17, 15) is 0 Å². The third-order valence-electron chi connectivity index (χ3n) is 4.61. The Morgan fingerprint density at radius 1 is 1.26 bits per heavy atom. The van der Waals surface area contributed by atoms with Gasteiger partial charge < -0.3 is 5.32 Å². The summed E-state index contributed by atoms with van der Waals surface area (Å²) in [6, 6.07) is 8.24. The Morgan fingerprint density at radius 2 is 2.04 bits per heavy atom. The zero-order valence-electron chi connectivity index (χ0n) is 13.7. The third kappa shape index (κ3) is 3.90. The summed E-state index contributed by atoms with van der Waals surface area (Å²) < 4.78 is 1.07. The first-order chi connectivity index (χ1) is 11.1. The van der Waals surface area contributed by atoms with Crippen molar-refractivity contribution in [1.82, 2.24) is 14.9 Å². The van der Waals surface area contributed by atoms with Crippen molar-refractivity contribution in [2.75, 3.05) is 25.0 Å². The Morgan fingerprint density at radius 3 is 2.74 bits per heavy atom. The van der Waals surface area contributed by atoms with E-state index in [0.717, 1.165) is 34.5 Å². The lowest BCUT2D eigenvalue weighted by Gasteiger charge is -2.31. The lowest BCUT2D eigenvalue weighted by Crippen LogP contribution is -2.40. The van der Waals surface area contributed by atoms with Gasteiger partial charge in [0.05, 0.1) is 0 Å². The van der Waals surface area contributed by atoms with Crippen LogP contribution < -0.4 is 5.32 Å². The molecule has 5 heteroatoms. The molecule has 0 aliphatic carbocycles. The van der Waals surface area contributed by atoms with E-state index in [1.54, 1.807) is 6.33 Å². The minimum atomic E-state index is 0.321. The molecule has 23 heavy (non-hydrogen) atoms. The Kier molecular flexibility index (Phi) is 4.97. The lowest BCUT2D eigenvalue weighted by atomic mass is 10.0. The fraction of sp³-hybridized carbons (Fsp3) is 0.444. The first-order valence-electron chi connectivity index (χ1n) is 8.11. The molecule has 1 fully saturated rings. The van der Waals surface area contributed by atoms with E-state index >= 15 is 0 Å². The second kappa shape index (κ2) is 6.97. The molecule has 1 saturated heterocycles. The van der Waals surface area contributed by atoms with Gasteiger partial charge in [0.25, 0.3) is 0 Å². The summed E-state index contributed by atoms with van der Waals surface area (Å²) in [7, 11) is 0. The number of hydrogen-bond donors (Lipinski definition) is 1. The van der Waals surface area contributed by atoms with Crippen LogP contribution >= 0.6 is 15.9 Å². The highest BCUT2D eigenvalue weighted by Crippen LogP contribution is 2.28. The highest BCUT2D eigenvalue weighted by molar-refractivity contribution is 9.10. The van der Waals surface area contributed by atoms with E-state index in [4.69, 9.17) is 0 Å². The van der Waals surface area contributed by atoms with Crippen LogP contribution in [0.15, 0.2) is 41.3 Å². The van der Waals surface area contributed by atoms with Gasteiger partial charge in [-0.2, -0.15) is 0 Å². The molecule has 0 bridgehead atoms. The standard InChI is InChI=1S/C18H23BrN4/c1-18(2)8-3-10-23(18)11-9-21-17-16(12-20-13-22-17)14-4-6-15(19)7-5-14/h4-7,12-13H,3,8-11H2,1-2H3,(H,20,21,22). The number of rotatable bonds is 5. The molecule has 1 aromatic carbocycles. The highest BCUT2D eigenvalue weighted by Gasteiger charge is 2.31. The van der Waals surface area contributed by atoms with Gasteiger partial charge in [-0.3, -0.25) is 4.90 Å². The Labute approximate surface area is 146 Å². The largest absolute Gasteiger partial charge is 0.368 e. The normalized spacial score (nSPS) is 17.3. The van der Waals surface area contributed by atoms with E-state index in [0.29, 0.717) is 5.54 Å². The van der Waals surface area contributed by atoms with Crippen LogP contribution in [0.5, 0.6) is 0 Å². The molecule has 2 heterocycles. The molecular formula is C18H23BrN4. The molecule has 0 saturated carbocycles. The summed E-state index contributed by atoms with van der Waals surface area (Å²) in [5.41, 5.74) is 2.49. The predicted octanol–water partition coefficient (Wildman–Crippen LogP) is 4.19. The molecular weight excluding hydrogens is 352 g/mol. The van der Waals surface area contributed by atoms with Crippen molar-refractivity contribution in [3.63, 3.8) is 0 Å². The van der Waals surface area contributed by atoms with Crippen molar-refractivity contribution in [2.45, 2.75) is 32.2 Å². The maximum atomic E-state index is 4.43. The van der Waals surface area contributed by atoms with Crippen LogP contribution in [0.3, 0.4) is 0 Å². The minimum absolute atomic E-state index is 0.321. The van der Waals surface area contributed by atoms with Gasteiger partial charge in [0.15, 0.2) is 0 Å². The Bertz CT molecular complexity index is 654. The predicted molar refractivity (Wildman–Crippen MR) is 98.5 cm³/mol. The average Bonchev–Trinajstić information content (AvgIpc) is 2.88. The number of likely N-dealkylation sites (tertiary alicyclic amines) is 1. The molecule has 0 radical (unpaired) electrons. The van der Waals surface area contributed by atoms with Crippen molar-refractivity contribution in [1.29, 1.82) is 0 Å². The topological polar surface area (TPSA) is 41.0 Å². The van der Waals surface area contributed by atoms with Crippen molar-refractivity contribution < 1.29 is 0 Å². The van der Waals surface area contributed by atoms with Crippen LogP contribution in [-0.2, 0) is 0 Å². The molecule has 1 aromatic heterocycles. The van der Waals surface area contributed by atoms with E-state index in [1.165, 1.54) is 19.4 Å². The van der Waals surface area contributed by atoms with E-state index < -0.39 is 0 Å². The zero-order chi connectivity index (χ0) is 16.3. The number of benzene rings is 1. The van der Waals surface area contributed by atoms with Crippen LogP contribution in [0.25, 0.3) is 11.1 Å². The summed E-state index contributed by atoms with van der Waals surface area (Å²) in [6.45, 7) is 7.79. The summed E-state index contributed by atoms with van der Waals surface area (Å²) in [5.74, 6) is 0.902. The SMILES string of the molecule is CC1(C)CCCN1CCNc1ncncc1-c1ccc(Br)cc1. The molecule has 0 atom stereocenters. The van der Waals surface area contributed by atoms with Gasteiger partial charge in [-0.25, -0.2) is 9.97 Å². The van der Waals surface area contributed by atoms with Crippen molar-refractivity contribution in [2.24, 2.45) is 0 Å². The van der Waals surface area contributed by atoms with Gasteiger partial charge in [0, 0.05) is 34.9 Å². The number of nitrogens with zero attached hydrogens (tertiary/aromatic N) is 3. The number of halogens is 1. The van der Waals surface area contributed by atoms with Crippen molar-refractivity contribution >= 4 is 21.7 Å². The van der Waals surface area contributed by atoms with Crippen molar-refractivity contribution in [3.05, 3.63) is 41.3 Å². The van der Waals surface area contributed by atoms with Crippen LogP contribution in [0.1, 0.15) is 26.7 Å². The monoisotopic (exact) mass is 374 g/mol. The number of anilines is 1. The molecule has 122 valence electrons. The van der Waals surface area contributed by atoms with Crippen molar-refractivity contribution in [3.8, 4) is 11.1 Å². The maximum Gasteiger partial charge on any atom is 0.137 e. The minimum Gasteiger partial charge on any atom is -0.368 e. The molecule has 1 aliphatic rings. The van der Waals surface area contributed by atoms with Crippen LogP contribution in [0, 0.1) is 0 Å². The van der Waals surface area contributed by atoms with Gasteiger partial charge in [-0.05, 0) is 50.9 Å². The van der Waals surface area contributed by atoms with E-state index in [2.05, 4.69) is 62.1 Å². The molecule has 0 amide bonds. The third-order valence-corrected chi connectivity index (χ3v) is 5.14. The van der Waals surface area contributed by atoms with E-state index in [-0.39, 0.29) is 0 Å². The second-order valence-electron chi connectivity index (χ2n) is 6.62. The fourth-order valence-corrected chi connectivity index (χ4v) is 3.46. The summed E-state index contributed by atoms with van der Waals surface area (Å²) in [5, 5.41) is 3.49. The summed E-state index contributed by atoms with van der Waals surface area (Å²) >= 11 is 3.47. The van der Waals surface area contributed by atoms with E-state index in [1.807, 2.05) is 18.3 Å². The number of hydrogen-bond acceptors (Lipinski definition) is 4. The maximum absolute atomic E-state index is 4.43. The van der Waals surface area contributed by atoms with Gasteiger partial charge in [0.2, 0.25) is 0 Å². The van der Waals surface area contributed by atoms with Gasteiger partial charge >= 0.3 is 0 Å².